The van der Waals surface area contributed by atoms with Crippen LogP contribution in [-0.4, -0.2) is 70.7 Å². The van der Waals surface area contributed by atoms with Crippen molar-refractivity contribution in [2.24, 2.45) is 0 Å². The molecule has 0 N–H and O–H groups in total. The molecule has 0 aliphatic carbocycles. The average Bonchev–Trinajstić information content (AvgIpc) is 3.22. The number of unbranched alkanes of at least 4 members (excludes halogenated alkanes) is 25. The number of quaternary nitrogens is 1. The van der Waals surface area contributed by atoms with Crippen LogP contribution in [-0.2, 0) is 27.9 Å². The molecule has 0 fully saturated rings. The van der Waals surface area contributed by atoms with Crippen molar-refractivity contribution in [3.63, 3.8) is 0 Å². The van der Waals surface area contributed by atoms with Crippen LogP contribution in [0.5, 0.6) is 0 Å². The summed E-state index contributed by atoms with van der Waals surface area (Å²) in [4.78, 5) is 25.2. The van der Waals surface area contributed by atoms with E-state index in [-0.39, 0.29) is 25.8 Å². The Morgan fingerprint density at radius 2 is 0.951 bits per heavy atom. The summed E-state index contributed by atoms with van der Waals surface area (Å²) < 4.78 is 34.7. The first-order chi connectivity index (χ1) is 29.6. The second-order valence-corrected chi connectivity index (χ2v) is 19.6. The maximum absolute atomic E-state index is 12.7. The Hall–Kier alpha value is -1.54. The number of allylic oxidation sites excluding steroid dienone is 8. The predicted molar refractivity (Wildman–Crippen MR) is 259 cm³/mol. The Labute approximate surface area is 378 Å². The molecule has 0 rings (SSSR count). The molecule has 0 spiro atoms. The van der Waals surface area contributed by atoms with Gasteiger partial charge in [0.05, 0.1) is 34.4 Å². The molecule has 0 aromatic rings. The molecule has 2 unspecified atom stereocenters. The zero-order valence-electron chi connectivity index (χ0n) is 40.6. The van der Waals surface area contributed by atoms with Gasteiger partial charge in [-0.15, -0.1) is 0 Å². The Morgan fingerprint density at radius 1 is 0.525 bits per heavy atom. The van der Waals surface area contributed by atoms with Gasteiger partial charge in [0.1, 0.15) is 19.3 Å². The van der Waals surface area contributed by atoms with E-state index in [1.54, 1.807) is 0 Å². The first-order valence-electron chi connectivity index (χ1n) is 25.4. The van der Waals surface area contributed by atoms with Gasteiger partial charge in [-0.25, -0.2) is 0 Å². The van der Waals surface area contributed by atoms with Crippen LogP contribution in [0.15, 0.2) is 48.6 Å². The summed E-state index contributed by atoms with van der Waals surface area (Å²) in [6.07, 6.45) is 55.6. The number of esters is 1. The molecule has 0 aromatic carbocycles. The molecule has 8 nitrogen and oxygen atoms in total. The van der Waals surface area contributed by atoms with Crippen LogP contribution in [0, 0.1) is 0 Å². The van der Waals surface area contributed by atoms with E-state index in [9.17, 15) is 14.3 Å². The summed E-state index contributed by atoms with van der Waals surface area (Å²) in [5, 5.41) is 0. The van der Waals surface area contributed by atoms with Crippen molar-refractivity contribution in [1.82, 2.24) is 0 Å². The van der Waals surface area contributed by atoms with E-state index in [1.165, 1.54) is 128 Å². The van der Waals surface area contributed by atoms with Crippen LogP contribution in [0.4, 0.5) is 0 Å². The van der Waals surface area contributed by atoms with Crippen LogP contribution in [0.1, 0.15) is 219 Å². The highest BCUT2D eigenvalue weighted by Crippen LogP contribution is 2.38. The Bertz CT molecular complexity index is 1120. The van der Waals surface area contributed by atoms with Crippen molar-refractivity contribution in [2.45, 2.75) is 225 Å². The van der Waals surface area contributed by atoms with Gasteiger partial charge in [-0.1, -0.05) is 210 Å². The molecule has 0 saturated heterocycles. The molecule has 9 heteroatoms. The number of phosphoric ester groups is 1. The van der Waals surface area contributed by atoms with Crippen molar-refractivity contribution >= 4 is 13.8 Å². The number of ether oxygens (including phenoxy) is 2. The van der Waals surface area contributed by atoms with Gasteiger partial charge in [0.15, 0.2) is 0 Å². The van der Waals surface area contributed by atoms with Crippen molar-refractivity contribution < 1.29 is 37.3 Å². The molecule has 0 radical (unpaired) electrons. The number of rotatable bonds is 47. The van der Waals surface area contributed by atoms with Gasteiger partial charge in [-0.3, -0.25) is 9.36 Å². The number of hydrogen-bond acceptors (Lipinski definition) is 7. The van der Waals surface area contributed by atoms with E-state index in [0.717, 1.165) is 70.6 Å². The fourth-order valence-corrected chi connectivity index (χ4v) is 7.74. The standard InChI is InChI=1S/C52H98NO7P/c1-6-8-10-12-14-16-18-20-22-24-26-27-28-29-31-33-35-37-39-41-43-45-52(54)60-51(50-59-61(55,56)58-48-46-53(3,4)5)49-57-47-44-42-40-38-36-34-32-30-25-23-21-19-17-15-13-11-9-7-2/h9,11,15,17,21,23,30,32,51H,6-8,10,12-14,16,18-20,22,24-29,31,33-50H2,1-5H3/b11-9-,17-15-,23-21-,32-30-. The van der Waals surface area contributed by atoms with Crippen molar-refractivity contribution in [2.75, 3.05) is 54.1 Å². The van der Waals surface area contributed by atoms with Gasteiger partial charge in [0.2, 0.25) is 0 Å². The highest BCUT2D eigenvalue weighted by atomic mass is 31.2. The summed E-state index contributed by atoms with van der Waals surface area (Å²) in [5.41, 5.74) is 0. The van der Waals surface area contributed by atoms with E-state index in [2.05, 4.69) is 62.5 Å². The lowest BCUT2D eigenvalue weighted by Gasteiger charge is -2.28. The zero-order chi connectivity index (χ0) is 44.8. The highest BCUT2D eigenvalue weighted by Gasteiger charge is 2.20. The summed E-state index contributed by atoms with van der Waals surface area (Å²) >= 11 is 0. The first-order valence-corrected chi connectivity index (χ1v) is 26.8. The molecule has 0 bridgehead atoms. The summed E-state index contributed by atoms with van der Waals surface area (Å²) in [6.45, 7) is 5.28. The summed E-state index contributed by atoms with van der Waals surface area (Å²) in [6, 6.07) is 0. The number of likely N-dealkylation sites (N-methyl/N-ethyl adjacent to an activating group) is 1. The lowest BCUT2D eigenvalue weighted by Crippen LogP contribution is -2.37. The Balaban J connectivity index is 4.16. The number of nitrogens with zero attached hydrogens (tertiary/aromatic N) is 1. The SMILES string of the molecule is CC/C=C\C/C=C\C/C=C\C/C=C\CCCCCCCOCC(COP(=O)([O-])OCC[N+](C)(C)C)OC(=O)CCCCCCCCCCCCCCCCCCCCCCC. The van der Waals surface area contributed by atoms with Gasteiger partial charge in [-0.05, 0) is 51.4 Å². The maximum atomic E-state index is 12.7. The molecular weight excluding hydrogens is 782 g/mol. The number of carbonyl (C=O) groups excluding carboxylic acids is 1. The summed E-state index contributed by atoms with van der Waals surface area (Å²) in [5.74, 6) is -0.338. The van der Waals surface area contributed by atoms with Crippen molar-refractivity contribution in [1.29, 1.82) is 0 Å². The lowest BCUT2D eigenvalue weighted by molar-refractivity contribution is -0.870. The molecule has 0 aliphatic rings. The zero-order valence-corrected chi connectivity index (χ0v) is 41.5. The van der Waals surface area contributed by atoms with E-state index < -0.39 is 13.9 Å². The molecule has 2 atom stereocenters. The molecule has 358 valence electrons. The molecule has 61 heavy (non-hydrogen) atoms. The number of phosphoric acid groups is 1. The third-order valence-electron chi connectivity index (χ3n) is 10.9. The fraction of sp³-hybridized carbons (Fsp3) is 0.827. The largest absolute Gasteiger partial charge is 0.756 e. The van der Waals surface area contributed by atoms with E-state index in [1.807, 2.05) is 21.1 Å². The molecule has 0 aliphatic heterocycles. The minimum absolute atomic E-state index is 0.0220. The maximum Gasteiger partial charge on any atom is 0.306 e. The molecular formula is C52H98NO7P. The van der Waals surface area contributed by atoms with Crippen LogP contribution < -0.4 is 4.89 Å². The summed E-state index contributed by atoms with van der Waals surface area (Å²) in [7, 11) is 1.35. The monoisotopic (exact) mass is 880 g/mol. The molecule has 0 saturated carbocycles. The smallest absolute Gasteiger partial charge is 0.306 e. The minimum atomic E-state index is -4.53. The van der Waals surface area contributed by atoms with Gasteiger partial charge >= 0.3 is 5.97 Å². The molecule has 0 aromatic heterocycles. The van der Waals surface area contributed by atoms with E-state index >= 15 is 0 Å². The number of hydrogen-bond donors (Lipinski definition) is 0. The van der Waals surface area contributed by atoms with Gasteiger partial charge in [0.25, 0.3) is 7.82 Å². The minimum Gasteiger partial charge on any atom is -0.756 e. The van der Waals surface area contributed by atoms with Crippen LogP contribution in [0.3, 0.4) is 0 Å². The second-order valence-electron chi connectivity index (χ2n) is 18.2. The third-order valence-corrected chi connectivity index (χ3v) is 11.9. The molecule has 0 heterocycles. The lowest BCUT2D eigenvalue weighted by atomic mass is 10.0. The average molecular weight is 880 g/mol. The first kappa shape index (κ1) is 59.5. The Morgan fingerprint density at radius 3 is 1.43 bits per heavy atom. The number of carbonyl (C=O) groups is 1. The normalized spacial score (nSPS) is 14.0. The fourth-order valence-electron chi connectivity index (χ4n) is 7.01. The highest BCUT2D eigenvalue weighted by molar-refractivity contribution is 7.45. The van der Waals surface area contributed by atoms with Gasteiger partial charge in [-0.2, -0.15) is 0 Å². The Kier molecular flexibility index (Phi) is 43.9. The van der Waals surface area contributed by atoms with Gasteiger partial charge < -0.3 is 27.9 Å². The van der Waals surface area contributed by atoms with E-state index in [4.69, 9.17) is 18.5 Å². The van der Waals surface area contributed by atoms with Gasteiger partial charge in [0, 0.05) is 13.0 Å². The predicted octanol–water partition coefficient (Wildman–Crippen LogP) is 14.9. The van der Waals surface area contributed by atoms with Crippen molar-refractivity contribution in [3.05, 3.63) is 48.6 Å². The van der Waals surface area contributed by atoms with Crippen LogP contribution in [0.25, 0.3) is 0 Å². The topological polar surface area (TPSA) is 94.1 Å². The second kappa shape index (κ2) is 45.0. The molecule has 0 amide bonds. The van der Waals surface area contributed by atoms with E-state index in [0.29, 0.717) is 24.1 Å². The third kappa shape index (κ3) is 49.3. The van der Waals surface area contributed by atoms with Crippen LogP contribution >= 0.6 is 7.82 Å². The van der Waals surface area contributed by atoms with Crippen LogP contribution in [0.2, 0.25) is 0 Å². The quantitative estimate of drug-likeness (QED) is 0.0198. The van der Waals surface area contributed by atoms with Crippen molar-refractivity contribution in [3.8, 4) is 0 Å².